The summed E-state index contributed by atoms with van der Waals surface area (Å²) in [5, 5.41) is 4.34. The molecule has 156 valence electrons. The van der Waals surface area contributed by atoms with Gasteiger partial charge in [0.2, 0.25) is 0 Å². The lowest BCUT2D eigenvalue weighted by atomic mass is 10.2. The van der Waals surface area contributed by atoms with Gasteiger partial charge in [-0.2, -0.15) is 18.3 Å². The number of rotatable bonds is 3. The number of anilines is 1. The van der Waals surface area contributed by atoms with Gasteiger partial charge in [0.1, 0.15) is 17.8 Å². The van der Waals surface area contributed by atoms with Crippen molar-refractivity contribution < 1.29 is 18.0 Å². The second kappa shape index (κ2) is 7.73. The molecule has 0 N–H and O–H groups in total. The third-order valence-corrected chi connectivity index (χ3v) is 4.79. The van der Waals surface area contributed by atoms with E-state index in [1.165, 1.54) is 6.33 Å². The summed E-state index contributed by atoms with van der Waals surface area (Å²) >= 11 is 0. The number of carbonyl (C=O) groups excluding carboxylic acids is 1. The fourth-order valence-corrected chi connectivity index (χ4v) is 3.19. The van der Waals surface area contributed by atoms with Gasteiger partial charge in [-0.25, -0.2) is 14.6 Å². The normalized spacial score (nSPS) is 14.8. The molecule has 0 aromatic carbocycles. The van der Waals surface area contributed by atoms with Gasteiger partial charge in [0.05, 0.1) is 11.3 Å². The Morgan fingerprint density at radius 3 is 2.33 bits per heavy atom. The Bertz CT molecular complexity index is 1040. The van der Waals surface area contributed by atoms with Crippen LogP contribution in [0.15, 0.2) is 43.0 Å². The Morgan fingerprint density at radius 2 is 1.73 bits per heavy atom. The summed E-state index contributed by atoms with van der Waals surface area (Å²) in [6.07, 6.45) is -0.276. The zero-order valence-electron chi connectivity index (χ0n) is 16.0. The van der Waals surface area contributed by atoms with E-state index in [0.717, 1.165) is 29.8 Å². The van der Waals surface area contributed by atoms with Crippen molar-refractivity contribution >= 4 is 11.7 Å². The molecule has 0 unspecified atom stereocenters. The second-order valence-electron chi connectivity index (χ2n) is 6.85. The number of amides is 1. The summed E-state index contributed by atoms with van der Waals surface area (Å²) in [6.45, 7) is 3.80. The maximum atomic E-state index is 12.6. The van der Waals surface area contributed by atoms with Crippen molar-refractivity contribution in [3.8, 4) is 5.82 Å². The number of hydrogen-bond donors (Lipinski definition) is 0. The number of nitrogens with zero attached hydrogens (tertiary/aromatic N) is 7. The highest BCUT2D eigenvalue weighted by Crippen LogP contribution is 2.27. The summed E-state index contributed by atoms with van der Waals surface area (Å²) in [7, 11) is 0. The number of pyridine rings is 1. The van der Waals surface area contributed by atoms with Crippen molar-refractivity contribution in [2.45, 2.75) is 13.1 Å². The van der Waals surface area contributed by atoms with Crippen molar-refractivity contribution in [2.75, 3.05) is 31.1 Å². The average molecular weight is 417 g/mol. The number of aromatic nitrogens is 5. The van der Waals surface area contributed by atoms with Crippen molar-refractivity contribution in [1.82, 2.24) is 29.6 Å². The molecule has 1 aliphatic heterocycles. The van der Waals surface area contributed by atoms with Crippen LogP contribution in [0.3, 0.4) is 0 Å². The number of carbonyl (C=O) groups is 1. The molecule has 4 heterocycles. The summed E-state index contributed by atoms with van der Waals surface area (Å²) in [4.78, 5) is 28.1. The molecule has 0 spiro atoms. The van der Waals surface area contributed by atoms with Crippen LogP contribution in [0.5, 0.6) is 0 Å². The molecule has 3 aromatic rings. The predicted octanol–water partition coefficient (Wildman–Crippen LogP) is 2.35. The maximum absolute atomic E-state index is 12.6. The average Bonchev–Trinajstić information content (AvgIpc) is 3.19. The summed E-state index contributed by atoms with van der Waals surface area (Å²) in [5.74, 6) is 1.02. The summed E-state index contributed by atoms with van der Waals surface area (Å²) < 4.78 is 39.6. The van der Waals surface area contributed by atoms with Gasteiger partial charge in [-0.1, -0.05) is 0 Å². The molecule has 1 saturated heterocycles. The lowest BCUT2D eigenvalue weighted by Crippen LogP contribution is -2.49. The highest BCUT2D eigenvalue weighted by Gasteiger charge is 2.32. The number of aryl methyl sites for hydroxylation is 1. The van der Waals surface area contributed by atoms with Crippen LogP contribution in [0, 0.1) is 6.92 Å². The van der Waals surface area contributed by atoms with E-state index in [1.807, 2.05) is 30.2 Å². The van der Waals surface area contributed by atoms with E-state index in [1.54, 1.807) is 9.58 Å². The zero-order chi connectivity index (χ0) is 21.3. The molecule has 8 nitrogen and oxygen atoms in total. The van der Waals surface area contributed by atoms with E-state index < -0.39 is 11.9 Å². The van der Waals surface area contributed by atoms with Gasteiger partial charge >= 0.3 is 6.18 Å². The molecule has 1 aliphatic rings. The van der Waals surface area contributed by atoms with Crippen molar-refractivity contribution in [3.05, 3.63) is 59.9 Å². The molecule has 4 rings (SSSR count). The number of alkyl halides is 3. The van der Waals surface area contributed by atoms with E-state index in [9.17, 15) is 18.0 Å². The Labute approximate surface area is 170 Å². The van der Waals surface area contributed by atoms with Crippen LogP contribution in [0.25, 0.3) is 5.82 Å². The Balaban J connectivity index is 1.41. The smallest absolute Gasteiger partial charge is 0.353 e. The Hall–Kier alpha value is -3.50. The maximum Gasteiger partial charge on any atom is 0.433 e. The topological polar surface area (TPSA) is 80.0 Å². The molecule has 0 aliphatic carbocycles. The molecule has 1 fully saturated rings. The molecule has 0 atom stereocenters. The molecule has 0 bridgehead atoms. The molecule has 0 saturated carbocycles. The van der Waals surface area contributed by atoms with Crippen molar-refractivity contribution in [2.24, 2.45) is 0 Å². The molecule has 11 heteroatoms. The molecule has 3 aromatic heterocycles. The Kier molecular flexibility index (Phi) is 5.10. The van der Waals surface area contributed by atoms with Crippen molar-refractivity contribution in [1.29, 1.82) is 0 Å². The first-order chi connectivity index (χ1) is 14.3. The van der Waals surface area contributed by atoms with Gasteiger partial charge in [-0.3, -0.25) is 9.78 Å². The van der Waals surface area contributed by atoms with E-state index in [-0.39, 0.29) is 11.5 Å². The highest BCUT2D eigenvalue weighted by atomic mass is 19.4. The van der Waals surface area contributed by atoms with Crippen LogP contribution in [-0.2, 0) is 6.18 Å². The fraction of sp³-hybridized carbons (Fsp3) is 0.316. The molecular weight excluding hydrogens is 399 g/mol. The largest absolute Gasteiger partial charge is 0.433 e. The highest BCUT2D eigenvalue weighted by molar-refractivity contribution is 5.94. The van der Waals surface area contributed by atoms with Gasteiger partial charge in [-0.05, 0) is 25.1 Å². The minimum Gasteiger partial charge on any atom is -0.353 e. The van der Waals surface area contributed by atoms with Crippen molar-refractivity contribution in [3.63, 3.8) is 0 Å². The SMILES string of the molecule is Cc1ccn(-c2cc(N3CCN(C(=O)c4ccc(C(F)(F)F)nc4)CC3)ncn2)n1. The lowest BCUT2D eigenvalue weighted by molar-refractivity contribution is -0.141. The lowest BCUT2D eigenvalue weighted by Gasteiger charge is -2.35. The monoisotopic (exact) mass is 417 g/mol. The third-order valence-electron chi connectivity index (χ3n) is 4.79. The molecule has 1 amide bonds. The summed E-state index contributed by atoms with van der Waals surface area (Å²) in [5.41, 5.74) is -0.00863. The van der Waals surface area contributed by atoms with E-state index in [0.29, 0.717) is 32.0 Å². The fourth-order valence-electron chi connectivity index (χ4n) is 3.19. The third kappa shape index (κ3) is 4.09. The zero-order valence-corrected chi connectivity index (χ0v) is 16.0. The first kappa shape index (κ1) is 19.8. The minimum absolute atomic E-state index is 0.134. The van der Waals surface area contributed by atoms with Crippen LogP contribution >= 0.6 is 0 Å². The van der Waals surface area contributed by atoms with Crippen LogP contribution in [0.1, 0.15) is 21.7 Å². The van der Waals surface area contributed by atoms with E-state index >= 15 is 0 Å². The quantitative estimate of drug-likeness (QED) is 0.651. The summed E-state index contributed by atoms with van der Waals surface area (Å²) in [6, 6.07) is 5.68. The van der Waals surface area contributed by atoms with Gasteiger partial charge in [0, 0.05) is 44.6 Å². The number of hydrogen-bond acceptors (Lipinski definition) is 6. The van der Waals surface area contributed by atoms with E-state index in [2.05, 4.69) is 20.1 Å². The van der Waals surface area contributed by atoms with Crippen LogP contribution in [-0.4, -0.2) is 61.7 Å². The second-order valence-corrected chi connectivity index (χ2v) is 6.85. The van der Waals surface area contributed by atoms with Gasteiger partial charge in [-0.15, -0.1) is 0 Å². The molecule has 30 heavy (non-hydrogen) atoms. The van der Waals surface area contributed by atoms with Gasteiger partial charge in [0.15, 0.2) is 5.82 Å². The first-order valence-electron chi connectivity index (χ1n) is 9.23. The van der Waals surface area contributed by atoms with Crippen LogP contribution in [0.4, 0.5) is 19.0 Å². The first-order valence-corrected chi connectivity index (χ1v) is 9.23. The van der Waals surface area contributed by atoms with Gasteiger partial charge < -0.3 is 9.80 Å². The Morgan fingerprint density at radius 1 is 1.00 bits per heavy atom. The molecule has 0 radical (unpaired) electrons. The van der Waals surface area contributed by atoms with E-state index in [4.69, 9.17) is 0 Å². The molecular formula is C19H18F3N7O. The van der Waals surface area contributed by atoms with Crippen LogP contribution < -0.4 is 4.90 Å². The number of piperazine rings is 1. The number of halogens is 3. The van der Waals surface area contributed by atoms with Gasteiger partial charge in [0.25, 0.3) is 5.91 Å². The van der Waals surface area contributed by atoms with Crippen LogP contribution in [0.2, 0.25) is 0 Å². The predicted molar refractivity (Wildman–Crippen MR) is 101 cm³/mol. The minimum atomic E-state index is -4.53. The standard InChI is InChI=1S/C19H18F3N7O/c1-13-4-5-29(26-13)17-10-16(24-12-25-17)27-6-8-28(9-7-27)18(30)14-2-3-15(23-11-14)19(20,21)22/h2-5,10-12H,6-9H2,1H3.